The molecular weight excluding hydrogens is 225 g/mol. The lowest BCUT2D eigenvalue weighted by molar-refractivity contribution is 0.118. The molecule has 0 saturated carbocycles. The third-order valence-corrected chi connectivity index (χ3v) is 3.63. The number of rotatable bonds is 4. The van der Waals surface area contributed by atoms with E-state index in [1.165, 1.54) is 4.70 Å². The molecule has 0 aliphatic carbocycles. The van der Waals surface area contributed by atoms with Gasteiger partial charge in [-0.1, -0.05) is 6.07 Å². The number of benzene rings is 1. The van der Waals surface area contributed by atoms with Gasteiger partial charge in [0.05, 0.1) is 12.1 Å². The number of fused-ring (bicyclic) bond motifs is 1. The van der Waals surface area contributed by atoms with Crippen molar-refractivity contribution in [3.05, 3.63) is 35.2 Å². The topological polar surface area (TPSA) is 32.3 Å². The zero-order valence-corrected chi connectivity index (χ0v) is 9.80. The van der Waals surface area contributed by atoms with Crippen molar-refractivity contribution in [3.63, 3.8) is 0 Å². The molecule has 0 bridgehead atoms. The minimum atomic E-state index is -0.806. The second-order valence-corrected chi connectivity index (χ2v) is 4.66. The molecule has 0 aliphatic rings. The highest BCUT2D eigenvalue weighted by molar-refractivity contribution is 7.17. The van der Waals surface area contributed by atoms with Crippen LogP contribution in [0.3, 0.4) is 0 Å². The quantitative estimate of drug-likeness (QED) is 0.859. The van der Waals surface area contributed by atoms with Crippen LogP contribution in [0.1, 0.15) is 11.7 Å². The molecule has 1 heterocycles. The highest BCUT2D eigenvalue weighted by atomic mass is 32.1. The van der Waals surface area contributed by atoms with E-state index in [1.54, 1.807) is 18.4 Å². The lowest BCUT2D eigenvalue weighted by Crippen LogP contribution is -2.33. The first-order chi connectivity index (χ1) is 7.76. The van der Waals surface area contributed by atoms with Gasteiger partial charge in [0.1, 0.15) is 6.67 Å². The molecule has 4 heteroatoms. The summed E-state index contributed by atoms with van der Waals surface area (Å²) in [5.74, 6) is 0. The fraction of sp³-hybridized carbons (Fsp3) is 0.333. The van der Waals surface area contributed by atoms with Crippen molar-refractivity contribution in [3.8, 4) is 0 Å². The Morgan fingerprint density at radius 1 is 1.44 bits per heavy atom. The SMILES string of the molecule is CNC(CF)C(O)c1ccc2sccc2c1. The molecule has 0 spiro atoms. The number of aliphatic hydroxyl groups is 1. The van der Waals surface area contributed by atoms with E-state index in [4.69, 9.17) is 0 Å². The molecule has 0 fully saturated rings. The number of hydrogen-bond donors (Lipinski definition) is 2. The monoisotopic (exact) mass is 239 g/mol. The Labute approximate surface area is 97.7 Å². The van der Waals surface area contributed by atoms with Gasteiger partial charge in [-0.15, -0.1) is 11.3 Å². The molecule has 2 N–H and O–H groups in total. The Bertz CT molecular complexity index is 467. The van der Waals surface area contributed by atoms with Gasteiger partial charge in [-0.2, -0.15) is 0 Å². The normalized spacial score (nSPS) is 15.2. The van der Waals surface area contributed by atoms with Gasteiger partial charge in [-0.25, -0.2) is 4.39 Å². The highest BCUT2D eigenvalue weighted by Gasteiger charge is 2.19. The van der Waals surface area contributed by atoms with Gasteiger partial charge in [-0.05, 0) is 41.6 Å². The van der Waals surface area contributed by atoms with Gasteiger partial charge in [0.15, 0.2) is 0 Å². The summed E-state index contributed by atoms with van der Waals surface area (Å²) in [5, 5.41) is 15.8. The van der Waals surface area contributed by atoms with E-state index in [0.717, 1.165) is 10.9 Å². The summed E-state index contributed by atoms with van der Waals surface area (Å²) >= 11 is 1.66. The molecule has 2 nitrogen and oxygen atoms in total. The molecule has 16 heavy (non-hydrogen) atoms. The molecule has 0 saturated heterocycles. The average Bonchev–Trinajstić information content (AvgIpc) is 2.77. The first-order valence-electron chi connectivity index (χ1n) is 5.14. The van der Waals surface area contributed by atoms with Gasteiger partial charge in [0.25, 0.3) is 0 Å². The number of nitrogens with one attached hydrogen (secondary N) is 1. The Kier molecular flexibility index (Phi) is 3.53. The second-order valence-electron chi connectivity index (χ2n) is 3.71. The van der Waals surface area contributed by atoms with E-state index in [1.807, 2.05) is 29.6 Å². The molecule has 2 unspecified atom stereocenters. The second kappa shape index (κ2) is 4.91. The third kappa shape index (κ3) is 2.09. The molecule has 0 radical (unpaired) electrons. The Morgan fingerprint density at radius 2 is 2.25 bits per heavy atom. The molecule has 0 aliphatic heterocycles. The third-order valence-electron chi connectivity index (χ3n) is 2.74. The number of likely N-dealkylation sites (N-methyl/N-ethyl adjacent to an activating group) is 1. The van der Waals surface area contributed by atoms with Crippen LogP contribution in [-0.2, 0) is 0 Å². The van der Waals surface area contributed by atoms with E-state index in [-0.39, 0.29) is 0 Å². The maximum Gasteiger partial charge on any atom is 0.108 e. The van der Waals surface area contributed by atoms with E-state index in [2.05, 4.69) is 5.32 Å². The van der Waals surface area contributed by atoms with Crippen LogP contribution in [0.25, 0.3) is 10.1 Å². The van der Waals surface area contributed by atoms with E-state index >= 15 is 0 Å². The number of alkyl halides is 1. The van der Waals surface area contributed by atoms with Crippen molar-refractivity contribution in [2.24, 2.45) is 0 Å². The number of aliphatic hydroxyl groups excluding tert-OH is 1. The van der Waals surface area contributed by atoms with Crippen molar-refractivity contribution < 1.29 is 9.50 Å². The molecule has 2 aromatic rings. The van der Waals surface area contributed by atoms with Crippen LogP contribution in [0.4, 0.5) is 4.39 Å². The summed E-state index contributed by atoms with van der Waals surface area (Å²) in [6, 6.07) is 7.18. The summed E-state index contributed by atoms with van der Waals surface area (Å²) < 4.78 is 13.8. The first-order valence-corrected chi connectivity index (χ1v) is 6.02. The summed E-state index contributed by atoms with van der Waals surface area (Å²) in [6.07, 6.45) is -0.806. The van der Waals surface area contributed by atoms with Gasteiger partial charge in [0, 0.05) is 4.70 Å². The minimum Gasteiger partial charge on any atom is -0.387 e. The van der Waals surface area contributed by atoms with Crippen LogP contribution in [-0.4, -0.2) is 24.9 Å². The van der Waals surface area contributed by atoms with E-state index in [9.17, 15) is 9.50 Å². The fourth-order valence-corrected chi connectivity index (χ4v) is 2.49. The lowest BCUT2D eigenvalue weighted by Gasteiger charge is -2.19. The average molecular weight is 239 g/mol. The Morgan fingerprint density at radius 3 is 2.94 bits per heavy atom. The Hall–Kier alpha value is -0.970. The van der Waals surface area contributed by atoms with Crippen molar-refractivity contribution in [1.82, 2.24) is 5.32 Å². The predicted octanol–water partition coefficient (Wildman–Crippen LogP) is 2.49. The predicted molar refractivity (Wildman–Crippen MR) is 65.6 cm³/mol. The summed E-state index contributed by atoms with van der Waals surface area (Å²) in [7, 11) is 1.65. The number of hydrogen-bond acceptors (Lipinski definition) is 3. The first kappa shape index (κ1) is 11.5. The molecule has 0 amide bonds. The smallest absolute Gasteiger partial charge is 0.108 e. The standard InChI is InChI=1S/C12H14FNOS/c1-14-10(7-13)12(15)9-2-3-11-8(6-9)4-5-16-11/h2-6,10,12,14-15H,7H2,1H3. The van der Waals surface area contributed by atoms with Gasteiger partial charge in [0.2, 0.25) is 0 Å². The van der Waals surface area contributed by atoms with Crippen molar-refractivity contribution >= 4 is 21.4 Å². The van der Waals surface area contributed by atoms with Crippen molar-refractivity contribution in [2.75, 3.05) is 13.7 Å². The maximum atomic E-state index is 12.6. The fourth-order valence-electron chi connectivity index (χ4n) is 1.72. The van der Waals surface area contributed by atoms with Crippen LogP contribution < -0.4 is 5.32 Å². The highest BCUT2D eigenvalue weighted by Crippen LogP contribution is 2.26. The molecule has 2 rings (SSSR count). The summed E-state index contributed by atoms with van der Waals surface area (Å²) in [5.41, 5.74) is 0.753. The molecular formula is C12H14FNOS. The van der Waals surface area contributed by atoms with Gasteiger partial charge >= 0.3 is 0 Å². The van der Waals surface area contributed by atoms with Crippen molar-refractivity contribution in [1.29, 1.82) is 0 Å². The van der Waals surface area contributed by atoms with Crippen LogP contribution in [0, 0.1) is 0 Å². The zero-order chi connectivity index (χ0) is 11.5. The van der Waals surface area contributed by atoms with Crippen LogP contribution in [0.15, 0.2) is 29.6 Å². The zero-order valence-electron chi connectivity index (χ0n) is 8.98. The number of halogens is 1. The van der Waals surface area contributed by atoms with Crippen LogP contribution >= 0.6 is 11.3 Å². The maximum absolute atomic E-state index is 12.6. The largest absolute Gasteiger partial charge is 0.387 e. The van der Waals surface area contributed by atoms with Crippen molar-refractivity contribution in [2.45, 2.75) is 12.1 Å². The van der Waals surface area contributed by atoms with Gasteiger partial charge in [-0.3, -0.25) is 0 Å². The Balaban J connectivity index is 2.31. The molecule has 1 aromatic carbocycles. The molecule has 86 valence electrons. The number of thiophene rings is 1. The van der Waals surface area contributed by atoms with E-state index in [0.29, 0.717) is 0 Å². The van der Waals surface area contributed by atoms with Crippen LogP contribution in [0.5, 0.6) is 0 Å². The molecule has 1 aromatic heterocycles. The molecule has 2 atom stereocenters. The van der Waals surface area contributed by atoms with Gasteiger partial charge < -0.3 is 10.4 Å². The lowest BCUT2D eigenvalue weighted by atomic mass is 10.0. The minimum absolute atomic E-state index is 0.545. The summed E-state index contributed by atoms with van der Waals surface area (Å²) in [6.45, 7) is -0.584. The van der Waals surface area contributed by atoms with E-state index < -0.39 is 18.8 Å². The van der Waals surface area contributed by atoms with Crippen LogP contribution in [0.2, 0.25) is 0 Å². The summed E-state index contributed by atoms with van der Waals surface area (Å²) in [4.78, 5) is 0.